The minimum Gasteiger partial charge on any atom is -0.411 e. The number of hydrogen-bond acceptors (Lipinski definition) is 3. The van der Waals surface area contributed by atoms with Crippen LogP contribution in [0.5, 0.6) is 0 Å². The van der Waals surface area contributed by atoms with Gasteiger partial charge in [-0.3, -0.25) is 0 Å². The van der Waals surface area contributed by atoms with Crippen molar-refractivity contribution < 1.29 is 31.5 Å². The highest BCUT2D eigenvalue weighted by molar-refractivity contribution is 6.03. The van der Waals surface area contributed by atoms with Crippen LogP contribution in [0.2, 0.25) is 0 Å². The summed E-state index contributed by atoms with van der Waals surface area (Å²) < 4.78 is 76.6. The van der Waals surface area contributed by atoms with Crippen LogP contribution in [0.25, 0.3) is 0 Å². The second-order valence-electron chi connectivity index (χ2n) is 4.27. The Balaban J connectivity index is 2.75. The number of rotatable bonds is 0. The smallest absolute Gasteiger partial charge is 0.411 e. The number of pyridine rings is 1. The molecule has 1 aliphatic carbocycles. The van der Waals surface area contributed by atoms with Gasteiger partial charge in [0.15, 0.2) is 0 Å². The van der Waals surface area contributed by atoms with Crippen LogP contribution in [0.1, 0.15) is 35.4 Å². The Morgan fingerprint density at radius 2 is 1.70 bits per heavy atom. The predicted octanol–water partition coefficient (Wildman–Crippen LogP) is 3.63. The Labute approximate surface area is 108 Å². The molecule has 1 aliphatic rings. The lowest BCUT2D eigenvalue weighted by Gasteiger charge is -2.22. The summed E-state index contributed by atoms with van der Waals surface area (Å²) in [5.74, 6) is 0. The Kier molecular flexibility index (Phi) is 3.39. The molecule has 2 rings (SSSR count). The van der Waals surface area contributed by atoms with Gasteiger partial charge in [0.2, 0.25) is 0 Å². The first-order valence-electron chi connectivity index (χ1n) is 5.54. The summed E-state index contributed by atoms with van der Waals surface area (Å²) in [6.45, 7) is 0. The SMILES string of the molecule is O/N=C1\CCCc2nc(C(F)(F)F)cc(C(F)(F)F)c21. The van der Waals surface area contributed by atoms with Gasteiger partial charge in [0.1, 0.15) is 5.69 Å². The van der Waals surface area contributed by atoms with E-state index in [2.05, 4.69) is 10.1 Å². The minimum absolute atomic E-state index is 0.0264. The maximum Gasteiger partial charge on any atom is 0.433 e. The Bertz CT molecular complexity index is 561. The van der Waals surface area contributed by atoms with Crippen molar-refractivity contribution in [3.63, 3.8) is 0 Å². The van der Waals surface area contributed by atoms with Crippen LogP contribution in [0, 0.1) is 0 Å². The average molecular weight is 298 g/mol. The van der Waals surface area contributed by atoms with Gasteiger partial charge >= 0.3 is 12.4 Å². The Morgan fingerprint density at radius 1 is 1.05 bits per heavy atom. The molecule has 0 spiro atoms. The number of nitrogens with zero attached hydrogens (tertiary/aromatic N) is 2. The van der Waals surface area contributed by atoms with Crippen LogP contribution in [-0.4, -0.2) is 15.9 Å². The molecular formula is C11H8F6N2O. The molecule has 0 unspecified atom stereocenters. The lowest BCUT2D eigenvalue weighted by Crippen LogP contribution is -2.24. The van der Waals surface area contributed by atoms with Crippen molar-refractivity contribution in [2.75, 3.05) is 0 Å². The predicted molar refractivity (Wildman–Crippen MR) is 55.5 cm³/mol. The number of oxime groups is 1. The number of aromatic nitrogens is 1. The van der Waals surface area contributed by atoms with Crippen molar-refractivity contribution in [3.05, 3.63) is 28.6 Å². The van der Waals surface area contributed by atoms with Gasteiger partial charge in [-0.1, -0.05) is 5.16 Å². The second-order valence-corrected chi connectivity index (χ2v) is 4.27. The van der Waals surface area contributed by atoms with Gasteiger partial charge in [-0.15, -0.1) is 0 Å². The van der Waals surface area contributed by atoms with Gasteiger partial charge in [0.25, 0.3) is 0 Å². The first kappa shape index (κ1) is 14.6. The summed E-state index contributed by atoms with van der Waals surface area (Å²) in [6.07, 6.45) is -9.65. The fourth-order valence-corrected chi connectivity index (χ4v) is 2.12. The quantitative estimate of drug-likeness (QED) is 0.451. The number of fused-ring (bicyclic) bond motifs is 1. The summed E-state index contributed by atoms with van der Waals surface area (Å²) in [5.41, 5.74) is -4.24. The first-order valence-corrected chi connectivity index (χ1v) is 5.54. The third-order valence-electron chi connectivity index (χ3n) is 2.93. The van der Waals surface area contributed by atoms with E-state index >= 15 is 0 Å². The van der Waals surface area contributed by atoms with E-state index in [0.29, 0.717) is 0 Å². The topological polar surface area (TPSA) is 45.5 Å². The molecule has 3 nitrogen and oxygen atoms in total. The average Bonchev–Trinajstić information content (AvgIpc) is 2.34. The molecule has 1 aromatic rings. The molecule has 0 aliphatic heterocycles. The van der Waals surface area contributed by atoms with E-state index in [0.717, 1.165) is 0 Å². The Morgan fingerprint density at radius 3 is 2.20 bits per heavy atom. The summed E-state index contributed by atoms with van der Waals surface area (Å²) in [6, 6.07) is -0.0463. The highest BCUT2D eigenvalue weighted by Gasteiger charge is 2.42. The summed E-state index contributed by atoms with van der Waals surface area (Å²) in [4.78, 5) is 3.24. The highest BCUT2D eigenvalue weighted by Crippen LogP contribution is 2.39. The van der Waals surface area contributed by atoms with Crippen LogP contribution in [-0.2, 0) is 18.8 Å². The van der Waals surface area contributed by atoms with Gasteiger partial charge in [0.05, 0.1) is 17.0 Å². The zero-order valence-electron chi connectivity index (χ0n) is 9.81. The molecule has 0 bridgehead atoms. The van der Waals surface area contributed by atoms with Crippen LogP contribution in [0.15, 0.2) is 11.2 Å². The molecular weight excluding hydrogens is 290 g/mol. The van der Waals surface area contributed by atoms with E-state index in [4.69, 9.17) is 5.21 Å². The van der Waals surface area contributed by atoms with Crippen LogP contribution < -0.4 is 0 Å². The van der Waals surface area contributed by atoms with Gasteiger partial charge < -0.3 is 5.21 Å². The van der Waals surface area contributed by atoms with Crippen LogP contribution in [0.4, 0.5) is 26.3 Å². The molecule has 9 heteroatoms. The fourth-order valence-electron chi connectivity index (χ4n) is 2.12. The van der Waals surface area contributed by atoms with E-state index in [1.807, 2.05) is 0 Å². The zero-order valence-corrected chi connectivity index (χ0v) is 9.81. The second kappa shape index (κ2) is 4.64. The third kappa shape index (κ3) is 2.56. The maximum atomic E-state index is 12.9. The molecule has 1 N–H and O–H groups in total. The highest BCUT2D eigenvalue weighted by atomic mass is 19.4. The zero-order chi connectivity index (χ0) is 15.1. The number of halogens is 6. The first-order chi connectivity index (χ1) is 9.14. The van der Waals surface area contributed by atoms with Crippen molar-refractivity contribution in [1.82, 2.24) is 4.98 Å². The largest absolute Gasteiger partial charge is 0.433 e. The van der Waals surface area contributed by atoms with Crippen molar-refractivity contribution in [2.24, 2.45) is 5.16 Å². The van der Waals surface area contributed by atoms with Crippen molar-refractivity contribution >= 4 is 5.71 Å². The Hall–Kier alpha value is -1.80. The maximum absolute atomic E-state index is 12.9. The molecule has 0 saturated heterocycles. The summed E-state index contributed by atoms with van der Waals surface area (Å²) >= 11 is 0. The van der Waals surface area contributed by atoms with Crippen molar-refractivity contribution in [2.45, 2.75) is 31.6 Å². The fraction of sp³-hybridized carbons (Fsp3) is 0.455. The number of hydrogen-bond donors (Lipinski definition) is 1. The standard InChI is InChI=1S/C11H8F6N2O/c12-10(13,14)5-4-8(11(15,16)17)18-6-2-1-3-7(19-20)9(5)6/h4,20H,1-3H2/b19-7+. The number of alkyl halides is 6. The molecule has 0 fully saturated rings. The van der Waals surface area contributed by atoms with Crippen molar-refractivity contribution in [3.8, 4) is 0 Å². The summed E-state index contributed by atoms with van der Waals surface area (Å²) in [5, 5.41) is 11.5. The van der Waals surface area contributed by atoms with E-state index in [-0.39, 0.29) is 36.7 Å². The normalized spacial score (nSPS) is 18.2. The molecule has 0 atom stereocenters. The van der Waals surface area contributed by atoms with Crippen LogP contribution in [0.3, 0.4) is 0 Å². The van der Waals surface area contributed by atoms with Gasteiger partial charge in [-0.25, -0.2) is 4.98 Å². The van der Waals surface area contributed by atoms with Crippen LogP contribution >= 0.6 is 0 Å². The molecule has 1 aromatic heterocycles. The monoisotopic (exact) mass is 298 g/mol. The van der Waals surface area contributed by atoms with E-state index < -0.39 is 29.2 Å². The summed E-state index contributed by atoms with van der Waals surface area (Å²) in [7, 11) is 0. The van der Waals surface area contributed by atoms with E-state index in [1.54, 1.807) is 0 Å². The molecule has 0 radical (unpaired) electrons. The minimum atomic E-state index is -4.99. The third-order valence-corrected chi connectivity index (χ3v) is 2.93. The molecule has 0 saturated carbocycles. The van der Waals surface area contributed by atoms with E-state index in [1.165, 1.54) is 0 Å². The number of aryl methyl sites for hydroxylation is 1. The lowest BCUT2D eigenvalue weighted by atomic mass is 9.89. The molecule has 110 valence electrons. The molecule has 20 heavy (non-hydrogen) atoms. The molecule has 1 heterocycles. The molecule has 0 aromatic carbocycles. The van der Waals surface area contributed by atoms with Crippen molar-refractivity contribution in [1.29, 1.82) is 0 Å². The lowest BCUT2D eigenvalue weighted by molar-refractivity contribution is -0.145. The van der Waals surface area contributed by atoms with Gasteiger partial charge in [-0.2, -0.15) is 26.3 Å². The van der Waals surface area contributed by atoms with Gasteiger partial charge in [0, 0.05) is 5.56 Å². The van der Waals surface area contributed by atoms with Gasteiger partial charge in [-0.05, 0) is 25.3 Å². The van der Waals surface area contributed by atoms with E-state index in [9.17, 15) is 26.3 Å². The molecule has 0 amide bonds.